The summed E-state index contributed by atoms with van der Waals surface area (Å²) in [5, 5.41) is 11.8. The third-order valence-electron chi connectivity index (χ3n) is 9.81. The molecule has 10 heteroatoms. The molecule has 254 valence electrons. The molecule has 0 radical (unpaired) electrons. The van der Waals surface area contributed by atoms with E-state index in [0.717, 1.165) is 86.8 Å². The van der Waals surface area contributed by atoms with Gasteiger partial charge in [-0.25, -0.2) is 19.6 Å². The number of aromatic nitrogens is 4. The van der Waals surface area contributed by atoms with Gasteiger partial charge in [-0.05, 0) is 109 Å². The summed E-state index contributed by atoms with van der Waals surface area (Å²) in [6, 6.07) is 27.3. The largest absolute Gasteiger partial charge is 0.465 e. The summed E-state index contributed by atoms with van der Waals surface area (Å²) >= 11 is 0. The number of benzene rings is 4. The summed E-state index contributed by atoms with van der Waals surface area (Å²) in [4.78, 5) is 44.0. The molecular weight excluding hydrogens is 628 g/mol. The molecule has 2 aliphatic heterocycles. The van der Waals surface area contributed by atoms with Crippen molar-refractivity contribution in [2.45, 2.75) is 64.1 Å². The molecule has 0 bridgehead atoms. The number of carboxylic acid groups (broad SMARTS) is 1. The van der Waals surface area contributed by atoms with Crippen molar-refractivity contribution in [2.24, 2.45) is 0 Å². The van der Waals surface area contributed by atoms with Crippen LogP contribution < -0.4 is 0 Å². The average molecular weight is 669 g/mol. The van der Waals surface area contributed by atoms with Crippen LogP contribution in [-0.2, 0) is 4.74 Å². The fourth-order valence-electron chi connectivity index (χ4n) is 7.34. The molecule has 2 amide bonds. The zero-order valence-corrected chi connectivity index (χ0v) is 28.4. The summed E-state index contributed by atoms with van der Waals surface area (Å²) in [6.07, 6.45) is 3.96. The number of carbonyl (C=O) groups is 2. The van der Waals surface area contributed by atoms with Crippen molar-refractivity contribution in [3.05, 3.63) is 96.7 Å². The summed E-state index contributed by atoms with van der Waals surface area (Å²) in [7, 11) is 0. The van der Waals surface area contributed by atoms with Crippen LogP contribution in [0.1, 0.15) is 70.2 Å². The Morgan fingerprint density at radius 2 is 1.34 bits per heavy atom. The van der Waals surface area contributed by atoms with Crippen molar-refractivity contribution < 1.29 is 19.4 Å². The number of likely N-dealkylation sites (tertiary alicyclic amines) is 2. The molecule has 6 aromatic rings. The average Bonchev–Trinajstić information content (AvgIpc) is 3.92. The molecule has 0 saturated carbocycles. The van der Waals surface area contributed by atoms with Crippen LogP contribution in [0.2, 0.25) is 0 Å². The van der Waals surface area contributed by atoms with Gasteiger partial charge in [0, 0.05) is 13.1 Å². The van der Waals surface area contributed by atoms with Gasteiger partial charge in [-0.2, -0.15) is 0 Å². The number of imidazole rings is 2. The second-order valence-corrected chi connectivity index (χ2v) is 14.4. The second-order valence-electron chi connectivity index (χ2n) is 14.4. The molecule has 10 nitrogen and oxygen atoms in total. The van der Waals surface area contributed by atoms with Gasteiger partial charge in [-0.15, -0.1) is 0 Å². The predicted octanol–water partition coefficient (Wildman–Crippen LogP) is 9.33. The Labute approximate surface area is 290 Å². The minimum absolute atomic E-state index is 0.132. The van der Waals surface area contributed by atoms with Crippen molar-refractivity contribution in [1.82, 2.24) is 29.7 Å². The van der Waals surface area contributed by atoms with E-state index in [1.54, 1.807) is 11.1 Å². The van der Waals surface area contributed by atoms with E-state index in [4.69, 9.17) is 9.72 Å². The molecule has 4 aromatic carbocycles. The molecule has 2 aromatic heterocycles. The summed E-state index contributed by atoms with van der Waals surface area (Å²) < 4.78 is 5.67. The van der Waals surface area contributed by atoms with Crippen LogP contribution >= 0.6 is 0 Å². The molecule has 3 N–H and O–H groups in total. The first kappa shape index (κ1) is 31.6. The highest BCUT2D eigenvalue weighted by Crippen LogP contribution is 2.36. The lowest BCUT2D eigenvalue weighted by Crippen LogP contribution is -2.36. The third-order valence-corrected chi connectivity index (χ3v) is 9.81. The number of hydrogen-bond donors (Lipinski definition) is 3. The molecule has 4 heterocycles. The number of H-pyrrole nitrogens is 2. The number of ether oxygens (including phenoxy) is 1. The van der Waals surface area contributed by atoms with Crippen LogP contribution in [0.15, 0.2) is 85.1 Å². The lowest BCUT2D eigenvalue weighted by molar-refractivity contribution is 0.0219. The number of rotatable bonds is 5. The van der Waals surface area contributed by atoms with Gasteiger partial charge < -0.3 is 19.8 Å². The first-order valence-corrected chi connectivity index (χ1v) is 17.3. The molecule has 50 heavy (non-hydrogen) atoms. The monoisotopic (exact) mass is 668 g/mol. The van der Waals surface area contributed by atoms with Gasteiger partial charge in [0.1, 0.15) is 17.2 Å². The number of nitrogens with zero attached hydrogens (tertiary/aromatic N) is 4. The minimum Gasteiger partial charge on any atom is -0.465 e. The van der Waals surface area contributed by atoms with Crippen molar-refractivity contribution in [3.63, 3.8) is 0 Å². The molecule has 8 rings (SSSR count). The molecule has 2 aliphatic rings. The number of hydrogen-bond acceptors (Lipinski definition) is 5. The van der Waals surface area contributed by atoms with Gasteiger partial charge in [0.25, 0.3) is 0 Å². The van der Waals surface area contributed by atoms with Gasteiger partial charge in [0.05, 0.1) is 35.0 Å². The number of carbonyl (C=O) groups excluding carboxylic acids is 1. The standard InChI is InChI=1S/C40H40N6O4/c1-40(2,3)50-39(49)46-19-5-7-35(46)37-42-31-17-16-29(22-32(31)43-37)28-15-11-25-10-14-27(20-30(25)21-28)24-8-12-26(13-9-24)33-23-41-36(44-33)34-6-4-18-45(34)38(47)48/h8-17,20-23,34-35H,4-7,18-19H2,1-3H3,(H,41,44)(H,42,43)(H,47,48)/t34?,35-/m0/s1. The zero-order chi connectivity index (χ0) is 34.6. The van der Waals surface area contributed by atoms with E-state index in [-0.39, 0.29) is 18.2 Å². The SMILES string of the molecule is CC(C)(C)OC(=O)N1CCC[C@H]1c1nc2ccc(-c3ccc4ccc(-c5ccc(-c6cnc(C7CCCN7C(=O)O)[nH]6)cc5)cc4c3)cc2[nH]1. The predicted molar refractivity (Wildman–Crippen MR) is 194 cm³/mol. The van der Waals surface area contributed by atoms with Crippen molar-refractivity contribution in [3.8, 4) is 33.5 Å². The topological polar surface area (TPSA) is 127 Å². The molecule has 0 spiro atoms. The van der Waals surface area contributed by atoms with E-state index in [9.17, 15) is 14.7 Å². The Bertz CT molecular complexity index is 2230. The van der Waals surface area contributed by atoms with Crippen LogP contribution in [-0.4, -0.2) is 65.7 Å². The van der Waals surface area contributed by atoms with Crippen molar-refractivity contribution in [2.75, 3.05) is 13.1 Å². The maximum absolute atomic E-state index is 12.9. The molecular formula is C40H40N6O4. The zero-order valence-electron chi connectivity index (χ0n) is 28.4. The van der Waals surface area contributed by atoms with E-state index in [1.807, 2.05) is 26.8 Å². The molecule has 1 unspecified atom stereocenters. The second kappa shape index (κ2) is 12.4. The van der Waals surface area contributed by atoms with Crippen LogP contribution in [0.5, 0.6) is 0 Å². The Hall–Kier alpha value is -5.64. The first-order valence-electron chi connectivity index (χ1n) is 17.3. The van der Waals surface area contributed by atoms with Crippen LogP contribution in [0.25, 0.3) is 55.3 Å². The van der Waals surface area contributed by atoms with E-state index >= 15 is 0 Å². The fourth-order valence-corrected chi connectivity index (χ4v) is 7.34. The fraction of sp³-hybridized carbons (Fsp3) is 0.300. The Kier molecular flexibility index (Phi) is 7.81. The highest BCUT2D eigenvalue weighted by molar-refractivity contribution is 5.92. The van der Waals surface area contributed by atoms with Gasteiger partial charge in [-0.1, -0.05) is 54.6 Å². The summed E-state index contributed by atoms with van der Waals surface area (Å²) in [5.41, 5.74) is 7.56. The van der Waals surface area contributed by atoms with E-state index in [2.05, 4.69) is 87.7 Å². The number of fused-ring (bicyclic) bond motifs is 2. The number of aromatic amines is 2. The smallest absolute Gasteiger partial charge is 0.410 e. The Morgan fingerprint density at radius 3 is 2.04 bits per heavy atom. The maximum Gasteiger partial charge on any atom is 0.410 e. The van der Waals surface area contributed by atoms with Crippen molar-refractivity contribution >= 4 is 34.0 Å². The summed E-state index contributed by atoms with van der Waals surface area (Å²) in [5.74, 6) is 1.49. The number of nitrogens with one attached hydrogen (secondary N) is 2. The van der Waals surface area contributed by atoms with Crippen LogP contribution in [0, 0.1) is 0 Å². The van der Waals surface area contributed by atoms with Gasteiger partial charge in [-0.3, -0.25) is 9.80 Å². The van der Waals surface area contributed by atoms with E-state index in [1.165, 1.54) is 4.90 Å². The quantitative estimate of drug-likeness (QED) is 0.168. The van der Waals surface area contributed by atoms with Gasteiger partial charge in [0.15, 0.2) is 0 Å². The normalized spacial score (nSPS) is 18.0. The summed E-state index contributed by atoms with van der Waals surface area (Å²) in [6.45, 7) is 6.86. The Balaban J connectivity index is 1.02. The van der Waals surface area contributed by atoms with Crippen molar-refractivity contribution in [1.29, 1.82) is 0 Å². The Morgan fingerprint density at radius 1 is 0.740 bits per heavy atom. The number of amides is 2. The molecule has 0 aliphatic carbocycles. The third kappa shape index (κ3) is 6.06. The van der Waals surface area contributed by atoms with E-state index < -0.39 is 11.7 Å². The van der Waals surface area contributed by atoms with Crippen LogP contribution in [0.4, 0.5) is 9.59 Å². The highest BCUT2D eigenvalue weighted by Gasteiger charge is 2.35. The maximum atomic E-state index is 12.9. The first-order chi connectivity index (χ1) is 24.1. The van der Waals surface area contributed by atoms with Gasteiger partial charge in [0.2, 0.25) is 0 Å². The molecule has 2 saturated heterocycles. The molecule has 2 fully saturated rings. The minimum atomic E-state index is -0.904. The lowest BCUT2D eigenvalue weighted by atomic mass is 9.97. The van der Waals surface area contributed by atoms with Gasteiger partial charge >= 0.3 is 12.2 Å². The highest BCUT2D eigenvalue weighted by atomic mass is 16.6. The lowest BCUT2D eigenvalue weighted by Gasteiger charge is -2.27. The molecule has 2 atom stereocenters. The van der Waals surface area contributed by atoms with Crippen LogP contribution in [0.3, 0.4) is 0 Å². The van der Waals surface area contributed by atoms with E-state index in [0.29, 0.717) is 18.9 Å².